The van der Waals surface area contributed by atoms with E-state index in [0.717, 1.165) is 0 Å². The standard InChI is InChI=1S/C15H15ClN2O4/c16-10-3-1-4-11(9-10)18-15(21)14(20)17-7-6-12(19)13-5-2-8-22-13/h1-5,8-9,12,19H,6-7H2,(H,17,20)(H,18,21). The third-order valence-electron chi connectivity index (χ3n) is 2.86. The maximum absolute atomic E-state index is 11.7. The Bertz CT molecular complexity index is 643. The van der Waals surface area contributed by atoms with Gasteiger partial charge in [0.2, 0.25) is 0 Å². The summed E-state index contributed by atoms with van der Waals surface area (Å²) < 4.78 is 5.04. The minimum absolute atomic E-state index is 0.143. The molecule has 6 nitrogen and oxygen atoms in total. The molecule has 2 rings (SSSR count). The van der Waals surface area contributed by atoms with E-state index in [4.69, 9.17) is 16.0 Å². The fraction of sp³-hybridized carbons (Fsp3) is 0.200. The van der Waals surface area contributed by atoms with Gasteiger partial charge in [0.15, 0.2) is 0 Å². The molecular formula is C15H15ClN2O4. The van der Waals surface area contributed by atoms with Crippen LogP contribution >= 0.6 is 11.6 Å². The minimum Gasteiger partial charge on any atom is -0.467 e. The van der Waals surface area contributed by atoms with Crippen molar-refractivity contribution in [2.75, 3.05) is 11.9 Å². The zero-order chi connectivity index (χ0) is 15.9. The number of hydrogen-bond acceptors (Lipinski definition) is 4. The lowest BCUT2D eigenvalue weighted by Gasteiger charge is -2.09. The largest absolute Gasteiger partial charge is 0.467 e. The first kappa shape index (κ1) is 16.1. The number of benzene rings is 1. The number of anilines is 1. The number of furan rings is 1. The molecule has 1 aromatic heterocycles. The molecule has 2 amide bonds. The molecule has 116 valence electrons. The molecule has 2 aromatic rings. The highest BCUT2D eigenvalue weighted by Crippen LogP contribution is 2.16. The Morgan fingerprint density at radius 1 is 1.23 bits per heavy atom. The molecular weight excluding hydrogens is 308 g/mol. The Kier molecular flexibility index (Phi) is 5.57. The van der Waals surface area contributed by atoms with Gasteiger partial charge in [0.25, 0.3) is 0 Å². The van der Waals surface area contributed by atoms with Crippen LogP contribution in [0.2, 0.25) is 5.02 Å². The maximum Gasteiger partial charge on any atom is 0.313 e. The summed E-state index contributed by atoms with van der Waals surface area (Å²) in [4.78, 5) is 23.3. The first-order chi connectivity index (χ1) is 10.6. The maximum atomic E-state index is 11.7. The summed E-state index contributed by atoms with van der Waals surface area (Å²) in [5.74, 6) is -1.17. The van der Waals surface area contributed by atoms with E-state index in [9.17, 15) is 14.7 Å². The van der Waals surface area contributed by atoms with Crippen LogP contribution < -0.4 is 10.6 Å². The summed E-state index contributed by atoms with van der Waals surface area (Å²) in [7, 11) is 0. The number of rotatable bonds is 5. The molecule has 0 saturated heterocycles. The molecule has 0 radical (unpaired) electrons. The molecule has 0 bridgehead atoms. The molecule has 1 unspecified atom stereocenters. The van der Waals surface area contributed by atoms with Gasteiger partial charge < -0.3 is 20.2 Å². The smallest absolute Gasteiger partial charge is 0.313 e. The summed E-state index contributed by atoms with van der Waals surface area (Å²) in [5.41, 5.74) is 0.434. The summed E-state index contributed by atoms with van der Waals surface area (Å²) in [5, 5.41) is 15.1. The molecule has 0 aliphatic rings. The number of carbonyl (C=O) groups is 2. The Morgan fingerprint density at radius 3 is 2.73 bits per heavy atom. The monoisotopic (exact) mass is 322 g/mol. The first-order valence-corrected chi connectivity index (χ1v) is 7.00. The molecule has 0 aliphatic heterocycles. The zero-order valence-corrected chi connectivity index (χ0v) is 12.3. The lowest BCUT2D eigenvalue weighted by molar-refractivity contribution is -0.136. The Balaban J connectivity index is 1.76. The Labute approximate surface area is 132 Å². The number of amides is 2. The van der Waals surface area contributed by atoms with Crippen LogP contribution in [0, 0.1) is 0 Å². The molecule has 0 fully saturated rings. The third-order valence-corrected chi connectivity index (χ3v) is 3.10. The number of carbonyl (C=O) groups excluding carboxylic acids is 2. The normalized spacial score (nSPS) is 11.7. The number of aliphatic hydroxyl groups is 1. The van der Waals surface area contributed by atoms with Crippen LogP contribution in [0.1, 0.15) is 18.3 Å². The summed E-state index contributed by atoms with van der Waals surface area (Å²) in [6, 6.07) is 9.78. The van der Waals surface area contributed by atoms with Crippen LogP contribution in [0.25, 0.3) is 0 Å². The predicted molar refractivity (Wildman–Crippen MR) is 81.4 cm³/mol. The number of halogens is 1. The van der Waals surface area contributed by atoms with Crippen LogP contribution in [0.15, 0.2) is 47.1 Å². The highest BCUT2D eigenvalue weighted by molar-refractivity contribution is 6.39. The van der Waals surface area contributed by atoms with E-state index in [-0.39, 0.29) is 13.0 Å². The number of nitrogens with one attached hydrogen (secondary N) is 2. The third kappa shape index (κ3) is 4.61. The molecule has 1 heterocycles. The van der Waals surface area contributed by atoms with E-state index >= 15 is 0 Å². The minimum atomic E-state index is -0.828. The number of aliphatic hydroxyl groups excluding tert-OH is 1. The van der Waals surface area contributed by atoms with Crippen molar-refractivity contribution < 1.29 is 19.1 Å². The van der Waals surface area contributed by atoms with Crippen LogP contribution in [-0.4, -0.2) is 23.5 Å². The van der Waals surface area contributed by atoms with E-state index in [2.05, 4.69) is 10.6 Å². The fourth-order valence-corrected chi connectivity index (χ4v) is 1.97. The van der Waals surface area contributed by atoms with E-state index in [1.165, 1.54) is 12.3 Å². The quantitative estimate of drug-likeness (QED) is 0.735. The second-order valence-corrected chi connectivity index (χ2v) is 4.98. The Hall–Kier alpha value is -2.31. The van der Waals surface area contributed by atoms with Crippen molar-refractivity contribution in [3.8, 4) is 0 Å². The van der Waals surface area contributed by atoms with Gasteiger partial charge in [-0.2, -0.15) is 0 Å². The molecule has 0 spiro atoms. The van der Waals surface area contributed by atoms with E-state index in [1.807, 2.05) is 0 Å². The average molecular weight is 323 g/mol. The van der Waals surface area contributed by atoms with Gasteiger partial charge >= 0.3 is 11.8 Å². The van der Waals surface area contributed by atoms with Gasteiger partial charge in [-0.05, 0) is 36.8 Å². The zero-order valence-electron chi connectivity index (χ0n) is 11.6. The van der Waals surface area contributed by atoms with Crippen molar-refractivity contribution in [2.45, 2.75) is 12.5 Å². The van der Waals surface area contributed by atoms with Crippen molar-refractivity contribution in [3.05, 3.63) is 53.4 Å². The molecule has 22 heavy (non-hydrogen) atoms. The first-order valence-electron chi connectivity index (χ1n) is 6.62. The lowest BCUT2D eigenvalue weighted by Crippen LogP contribution is -2.36. The van der Waals surface area contributed by atoms with Gasteiger partial charge in [-0.15, -0.1) is 0 Å². The van der Waals surface area contributed by atoms with Crippen molar-refractivity contribution in [1.82, 2.24) is 5.32 Å². The van der Waals surface area contributed by atoms with Crippen molar-refractivity contribution in [3.63, 3.8) is 0 Å². The van der Waals surface area contributed by atoms with E-state index in [1.54, 1.807) is 30.3 Å². The molecule has 0 saturated carbocycles. The van der Waals surface area contributed by atoms with Gasteiger partial charge in [-0.1, -0.05) is 17.7 Å². The second-order valence-electron chi connectivity index (χ2n) is 4.54. The molecule has 3 N–H and O–H groups in total. The topological polar surface area (TPSA) is 91.6 Å². The lowest BCUT2D eigenvalue weighted by atomic mass is 10.2. The van der Waals surface area contributed by atoms with Crippen LogP contribution in [0.4, 0.5) is 5.69 Å². The molecule has 0 aliphatic carbocycles. The summed E-state index contributed by atoms with van der Waals surface area (Å²) in [6.07, 6.45) is 0.866. The van der Waals surface area contributed by atoms with Crippen LogP contribution in [-0.2, 0) is 9.59 Å². The van der Waals surface area contributed by atoms with Gasteiger partial charge in [-0.25, -0.2) is 0 Å². The van der Waals surface area contributed by atoms with Gasteiger partial charge in [-0.3, -0.25) is 9.59 Å². The Morgan fingerprint density at radius 2 is 2.05 bits per heavy atom. The van der Waals surface area contributed by atoms with Crippen LogP contribution in [0.5, 0.6) is 0 Å². The second kappa shape index (κ2) is 7.63. The van der Waals surface area contributed by atoms with Crippen molar-refractivity contribution >= 4 is 29.1 Å². The highest BCUT2D eigenvalue weighted by Gasteiger charge is 2.15. The molecule has 1 aromatic carbocycles. The number of hydrogen-bond donors (Lipinski definition) is 3. The van der Waals surface area contributed by atoms with Crippen LogP contribution in [0.3, 0.4) is 0 Å². The highest BCUT2D eigenvalue weighted by atomic mass is 35.5. The fourth-order valence-electron chi connectivity index (χ4n) is 1.78. The van der Waals surface area contributed by atoms with E-state index < -0.39 is 17.9 Å². The van der Waals surface area contributed by atoms with Gasteiger partial charge in [0.1, 0.15) is 11.9 Å². The summed E-state index contributed by atoms with van der Waals surface area (Å²) in [6.45, 7) is 0.143. The average Bonchev–Trinajstić information content (AvgIpc) is 3.01. The van der Waals surface area contributed by atoms with Gasteiger partial charge in [0.05, 0.1) is 6.26 Å². The summed E-state index contributed by atoms with van der Waals surface area (Å²) >= 11 is 5.79. The molecule has 7 heteroatoms. The van der Waals surface area contributed by atoms with Crippen molar-refractivity contribution in [2.24, 2.45) is 0 Å². The van der Waals surface area contributed by atoms with E-state index in [0.29, 0.717) is 16.5 Å². The predicted octanol–water partition coefficient (Wildman–Crippen LogP) is 2.11. The van der Waals surface area contributed by atoms with Crippen molar-refractivity contribution in [1.29, 1.82) is 0 Å². The molecule has 1 atom stereocenters. The SMILES string of the molecule is O=C(NCCC(O)c1ccco1)C(=O)Nc1cccc(Cl)c1. The van der Waals surface area contributed by atoms with Gasteiger partial charge in [0, 0.05) is 17.3 Å².